The van der Waals surface area contributed by atoms with Gasteiger partial charge in [-0.25, -0.2) is 4.79 Å². The first-order valence-electron chi connectivity index (χ1n) is 5.02. The van der Waals surface area contributed by atoms with E-state index >= 15 is 0 Å². The van der Waals surface area contributed by atoms with Gasteiger partial charge in [-0.15, -0.1) is 0 Å². The molecule has 0 saturated carbocycles. The van der Waals surface area contributed by atoms with E-state index in [0.29, 0.717) is 12.4 Å². The maximum atomic E-state index is 11.1. The van der Waals surface area contributed by atoms with Crippen LogP contribution in [-0.4, -0.2) is 19.5 Å². The molecule has 0 aliphatic carbocycles. The molecule has 0 aromatic heterocycles. The summed E-state index contributed by atoms with van der Waals surface area (Å²) in [7, 11) is 0. The zero-order chi connectivity index (χ0) is 11.2. The number of ether oxygens (including phenoxy) is 3. The fraction of sp³-hybridized carbons (Fsp3) is 0.364. The molecule has 16 heavy (non-hydrogen) atoms. The van der Waals surface area contributed by atoms with Crippen LogP contribution in [0.5, 0.6) is 11.5 Å². The molecular weight excluding hydrogens is 210 g/mol. The molecule has 1 aromatic rings. The van der Waals surface area contributed by atoms with Crippen molar-refractivity contribution in [3.05, 3.63) is 23.8 Å². The summed E-state index contributed by atoms with van der Waals surface area (Å²) in [4.78, 5) is 11.1. The maximum absolute atomic E-state index is 11.1. The van der Waals surface area contributed by atoms with Crippen molar-refractivity contribution in [2.75, 3.05) is 13.4 Å². The second-order valence-corrected chi connectivity index (χ2v) is 4.10. The number of cyclic esters (lactones) is 1. The lowest BCUT2D eigenvalue weighted by molar-refractivity contribution is 0.173. The molecule has 1 atom stereocenters. The predicted molar refractivity (Wildman–Crippen MR) is 54.4 cm³/mol. The molecule has 2 aliphatic rings. The molecule has 0 bridgehead atoms. The Morgan fingerprint density at radius 3 is 2.81 bits per heavy atom. The first-order valence-corrected chi connectivity index (χ1v) is 5.02. The van der Waals surface area contributed by atoms with Crippen molar-refractivity contribution in [1.82, 2.24) is 5.32 Å². The van der Waals surface area contributed by atoms with Crippen molar-refractivity contribution >= 4 is 6.09 Å². The van der Waals surface area contributed by atoms with Gasteiger partial charge in [0.2, 0.25) is 6.79 Å². The van der Waals surface area contributed by atoms with Crippen LogP contribution in [0.3, 0.4) is 0 Å². The van der Waals surface area contributed by atoms with Crippen LogP contribution < -0.4 is 14.8 Å². The average Bonchev–Trinajstić information content (AvgIpc) is 2.84. The van der Waals surface area contributed by atoms with Gasteiger partial charge in [-0.2, -0.15) is 0 Å². The van der Waals surface area contributed by atoms with E-state index in [1.54, 1.807) is 0 Å². The lowest BCUT2D eigenvalue weighted by Crippen LogP contribution is -2.37. The molecule has 2 aliphatic heterocycles. The van der Waals surface area contributed by atoms with E-state index in [1.807, 2.05) is 25.1 Å². The van der Waals surface area contributed by atoms with Crippen molar-refractivity contribution in [3.8, 4) is 11.5 Å². The molecule has 1 saturated heterocycles. The summed E-state index contributed by atoms with van der Waals surface area (Å²) in [6.07, 6.45) is -0.389. The normalized spacial score (nSPS) is 26.4. The number of nitrogens with one attached hydrogen (secondary N) is 1. The highest BCUT2D eigenvalue weighted by molar-refractivity contribution is 5.71. The number of carbonyl (C=O) groups excluding carboxylic acids is 1. The Hall–Kier alpha value is -1.91. The van der Waals surface area contributed by atoms with Gasteiger partial charge in [-0.1, -0.05) is 6.07 Å². The summed E-state index contributed by atoms with van der Waals surface area (Å²) in [5.41, 5.74) is 0.459. The van der Waals surface area contributed by atoms with E-state index in [1.165, 1.54) is 0 Å². The molecule has 1 unspecified atom stereocenters. The summed E-state index contributed by atoms with van der Waals surface area (Å²) in [5, 5.41) is 2.78. The van der Waals surface area contributed by atoms with E-state index in [2.05, 4.69) is 5.32 Å². The van der Waals surface area contributed by atoms with E-state index in [9.17, 15) is 4.79 Å². The third kappa shape index (κ3) is 1.28. The fourth-order valence-electron chi connectivity index (χ4n) is 1.90. The zero-order valence-electron chi connectivity index (χ0n) is 8.78. The van der Waals surface area contributed by atoms with Gasteiger partial charge in [0, 0.05) is 0 Å². The second kappa shape index (κ2) is 3.04. The number of rotatable bonds is 1. The molecule has 1 fully saturated rings. The summed E-state index contributed by atoms with van der Waals surface area (Å²) >= 11 is 0. The van der Waals surface area contributed by atoms with Gasteiger partial charge in [0.15, 0.2) is 11.5 Å². The van der Waals surface area contributed by atoms with E-state index in [-0.39, 0.29) is 12.9 Å². The highest BCUT2D eigenvalue weighted by Gasteiger charge is 2.37. The first-order chi connectivity index (χ1) is 7.67. The minimum atomic E-state index is -0.488. The summed E-state index contributed by atoms with van der Waals surface area (Å²) in [5.74, 6) is 1.44. The molecule has 1 N–H and O–H groups in total. The molecule has 2 heterocycles. The van der Waals surface area contributed by atoms with Crippen molar-refractivity contribution in [1.29, 1.82) is 0 Å². The van der Waals surface area contributed by atoms with E-state index in [0.717, 1.165) is 11.3 Å². The molecular formula is C11H11NO4. The molecule has 0 spiro atoms. The molecule has 1 amide bonds. The van der Waals surface area contributed by atoms with Crippen LogP contribution in [0, 0.1) is 0 Å². The van der Waals surface area contributed by atoms with Crippen molar-refractivity contribution in [3.63, 3.8) is 0 Å². The molecule has 5 nitrogen and oxygen atoms in total. The summed E-state index contributed by atoms with van der Waals surface area (Å²) in [6.45, 7) is 2.49. The Morgan fingerprint density at radius 2 is 2.06 bits per heavy atom. The zero-order valence-corrected chi connectivity index (χ0v) is 8.78. The standard InChI is InChI=1S/C11H11NO4/c1-11(5-14-10(13)12-11)7-2-3-8-9(4-7)16-6-15-8/h2-4H,5-6H2,1H3,(H,12,13). The second-order valence-electron chi connectivity index (χ2n) is 4.10. The molecule has 84 valence electrons. The predicted octanol–water partition coefficient (Wildman–Crippen LogP) is 1.37. The number of alkyl carbamates (subject to hydrolysis) is 1. The highest BCUT2D eigenvalue weighted by atomic mass is 16.7. The van der Waals surface area contributed by atoms with Gasteiger partial charge in [-0.05, 0) is 24.6 Å². The van der Waals surface area contributed by atoms with Gasteiger partial charge in [0.1, 0.15) is 6.61 Å². The molecule has 5 heteroatoms. The van der Waals surface area contributed by atoms with Crippen LogP contribution in [-0.2, 0) is 10.3 Å². The minimum Gasteiger partial charge on any atom is -0.454 e. The van der Waals surface area contributed by atoms with Gasteiger partial charge in [-0.3, -0.25) is 0 Å². The lowest BCUT2D eigenvalue weighted by atomic mass is 9.93. The quantitative estimate of drug-likeness (QED) is 0.778. The fourth-order valence-corrected chi connectivity index (χ4v) is 1.90. The van der Waals surface area contributed by atoms with E-state index < -0.39 is 5.54 Å². The van der Waals surface area contributed by atoms with Gasteiger partial charge in [0.05, 0.1) is 5.54 Å². The van der Waals surface area contributed by atoms with Crippen LogP contribution in [0.1, 0.15) is 12.5 Å². The summed E-state index contributed by atoms with van der Waals surface area (Å²) in [6, 6.07) is 5.62. The van der Waals surface area contributed by atoms with Crippen LogP contribution in [0.2, 0.25) is 0 Å². The lowest BCUT2D eigenvalue weighted by Gasteiger charge is -2.21. The topological polar surface area (TPSA) is 56.8 Å². The largest absolute Gasteiger partial charge is 0.454 e. The Labute approximate surface area is 92.3 Å². The monoisotopic (exact) mass is 221 g/mol. The van der Waals surface area contributed by atoms with Crippen molar-refractivity contribution < 1.29 is 19.0 Å². The van der Waals surface area contributed by atoms with E-state index in [4.69, 9.17) is 14.2 Å². The first kappa shape index (κ1) is 9.33. The van der Waals surface area contributed by atoms with Gasteiger partial charge in [0.25, 0.3) is 0 Å². The average molecular weight is 221 g/mol. The van der Waals surface area contributed by atoms with Crippen LogP contribution in [0.25, 0.3) is 0 Å². The van der Waals surface area contributed by atoms with Crippen molar-refractivity contribution in [2.24, 2.45) is 0 Å². The van der Waals surface area contributed by atoms with Crippen molar-refractivity contribution in [2.45, 2.75) is 12.5 Å². The Morgan fingerprint density at radius 1 is 1.25 bits per heavy atom. The van der Waals surface area contributed by atoms with Gasteiger partial charge < -0.3 is 19.5 Å². The Kier molecular flexibility index (Phi) is 1.77. The molecule has 0 radical (unpaired) electrons. The highest BCUT2D eigenvalue weighted by Crippen LogP contribution is 2.36. The number of carbonyl (C=O) groups is 1. The molecule has 1 aromatic carbocycles. The van der Waals surface area contributed by atoms with Crippen LogP contribution >= 0.6 is 0 Å². The summed E-state index contributed by atoms with van der Waals surface area (Å²) < 4.78 is 15.4. The number of benzene rings is 1. The number of fused-ring (bicyclic) bond motifs is 1. The van der Waals surface area contributed by atoms with Gasteiger partial charge >= 0.3 is 6.09 Å². The Balaban J connectivity index is 1.98. The number of amides is 1. The minimum absolute atomic E-state index is 0.248. The number of hydrogen-bond donors (Lipinski definition) is 1. The SMILES string of the molecule is CC1(c2ccc3c(c2)OCO3)COC(=O)N1. The number of hydrogen-bond acceptors (Lipinski definition) is 4. The molecule has 3 rings (SSSR count). The Bertz CT molecular complexity index is 459. The third-order valence-corrected chi connectivity index (χ3v) is 2.88. The maximum Gasteiger partial charge on any atom is 0.408 e. The third-order valence-electron chi connectivity index (χ3n) is 2.88. The smallest absolute Gasteiger partial charge is 0.408 e. The van der Waals surface area contributed by atoms with Crippen LogP contribution in [0.15, 0.2) is 18.2 Å². The van der Waals surface area contributed by atoms with Crippen LogP contribution in [0.4, 0.5) is 4.79 Å².